The second-order valence-corrected chi connectivity index (χ2v) is 7.82. The molecule has 1 heterocycles. The number of phenolic OH excluding ortho intramolecular Hbond substituents is 1. The number of esters is 1. The summed E-state index contributed by atoms with van der Waals surface area (Å²) >= 11 is 11.9. The number of imide groups is 1. The number of rotatable bonds is 6. The van der Waals surface area contributed by atoms with Crippen LogP contribution in [0.15, 0.2) is 77.5 Å². The number of carbonyl (C=O) groups is 3. The quantitative estimate of drug-likeness (QED) is 0.288. The number of aromatic hydroxyl groups is 1. The van der Waals surface area contributed by atoms with Crippen molar-refractivity contribution < 1.29 is 29.0 Å². The molecule has 2 amide bonds. The van der Waals surface area contributed by atoms with E-state index in [0.29, 0.717) is 17.1 Å². The Morgan fingerprint density at radius 1 is 0.912 bits per heavy atom. The van der Waals surface area contributed by atoms with Crippen LogP contribution < -0.4 is 19.7 Å². The molecule has 10 heteroatoms. The second-order valence-electron chi connectivity index (χ2n) is 7.04. The molecule has 0 unspecified atom stereocenters. The summed E-state index contributed by atoms with van der Waals surface area (Å²) in [5, 5.41) is 12.3. The summed E-state index contributed by atoms with van der Waals surface area (Å²) < 4.78 is 10.3. The molecule has 2 N–H and O–H groups in total. The molecule has 34 heavy (non-hydrogen) atoms. The highest BCUT2D eigenvalue weighted by Crippen LogP contribution is 2.31. The smallest absolute Gasteiger partial charge is 0.343 e. The molecule has 8 nitrogen and oxygen atoms in total. The molecule has 0 atom stereocenters. The summed E-state index contributed by atoms with van der Waals surface area (Å²) in [5.74, 6) is -1.46. The van der Waals surface area contributed by atoms with Gasteiger partial charge in [-0.15, -0.1) is 0 Å². The first-order valence-electron chi connectivity index (χ1n) is 9.79. The fourth-order valence-corrected chi connectivity index (χ4v) is 3.46. The lowest BCUT2D eigenvalue weighted by atomic mass is 10.2. The first kappa shape index (κ1) is 23.2. The Kier molecular flexibility index (Phi) is 6.45. The van der Waals surface area contributed by atoms with E-state index in [1.165, 1.54) is 49.6 Å². The standard InChI is InChI=1S/C24H16Cl2N2O6/c1-33-16-8-6-15(7-9-16)28-22(30)20(26)21(23(28)31)27-14-4-2-13(3-5-14)24(32)34-17-10-11-18(25)19(29)12-17/h2-12,27,29H,1H3. The van der Waals surface area contributed by atoms with Gasteiger partial charge in [0, 0.05) is 11.8 Å². The van der Waals surface area contributed by atoms with Crippen molar-refractivity contribution in [3.05, 3.63) is 88.0 Å². The molecular formula is C24H16Cl2N2O6. The van der Waals surface area contributed by atoms with E-state index in [1.54, 1.807) is 24.3 Å². The Labute approximate surface area is 203 Å². The molecule has 1 aliphatic heterocycles. The fraction of sp³-hybridized carbons (Fsp3) is 0.0417. The molecule has 0 bridgehead atoms. The van der Waals surface area contributed by atoms with E-state index in [9.17, 15) is 19.5 Å². The van der Waals surface area contributed by atoms with Gasteiger partial charge in [0.2, 0.25) is 0 Å². The van der Waals surface area contributed by atoms with Crippen LogP contribution in [0.3, 0.4) is 0 Å². The van der Waals surface area contributed by atoms with Crippen LogP contribution in [-0.2, 0) is 9.59 Å². The number of halogens is 2. The minimum absolute atomic E-state index is 0.0885. The molecule has 0 aliphatic carbocycles. The maximum Gasteiger partial charge on any atom is 0.343 e. The van der Waals surface area contributed by atoms with E-state index in [2.05, 4.69) is 5.32 Å². The molecule has 1 aliphatic rings. The minimum Gasteiger partial charge on any atom is -0.506 e. The molecule has 0 saturated carbocycles. The van der Waals surface area contributed by atoms with Crippen LogP contribution in [0.25, 0.3) is 0 Å². The first-order valence-corrected chi connectivity index (χ1v) is 10.5. The van der Waals surface area contributed by atoms with Gasteiger partial charge in [0.15, 0.2) is 0 Å². The van der Waals surface area contributed by atoms with Gasteiger partial charge in [-0.1, -0.05) is 23.2 Å². The summed E-state index contributed by atoms with van der Waals surface area (Å²) in [6, 6.07) is 16.5. The van der Waals surface area contributed by atoms with Gasteiger partial charge in [-0.25, -0.2) is 9.69 Å². The number of methoxy groups -OCH3 is 1. The second kappa shape index (κ2) is 9.46. The monoisotopic (exact) mass is 498 g/mol. The van der Waals surface area contributed by atoms with Gasteiger partial charge >= 0.3 is 5.97 Å². The third-order valence-electron chi connectivity index (χ3n) is 4.88. The number of amides is 2. The number of nitrogens with one attached hydrogen (secondary N) is 1. The van der Waals surface area contributed by atoms with E-state index >= 15 is 0 Å². The number of anilines is 2. The molecule has 172 valence electrons. The van der Waals surface area contributed by atoms with Crippen LogP contribution in [0, 0.1) is 0 Å². The number of nitrogens with zero attached hydrogens (tertiary/aromatic N) is 1. The summed E-state index contributed by atoms with van der Waals surface area (Å²) in [7, 11) is 1.51. The van der Waals surface area contributed by atoms with Crippen molar-refractivity contribution in [1.82, 2.24) is 0 Å². The number of benzene rings is 3. The zero-order chi connectivity index (χ0) is 24.4. The molecule has 0 spiro atoms. The van der Waals surface area contributed by atoms with Crippen molar-refractivity contribution in [1.29, 1.82) is 0 Å². The maximum atomic E-state index is 12.9. The van der Waals surface area contributed by atoms with Gasteiger partial charge in [-0.2, -0.15) is 0 Å². The van der Waals surface area contributed by atoms with Gasteiger partial charge in [0.05, 0.1) is 23.4 Å². The predicted molar refractivity (Wildman–Crippen MR) is 127 cm³/mol. The number of hydrogen-bond acceptors (Lipinski definition) is 7. The lowest BCUT2D eigenvalue weighted by molar-refractivity contribution is -0.120. The molecular weight excluding hydrogens is 483 g/mol. The van der Waals surface area contributed by atoms with E-state index in [1.807, 2.05) is 0 Å². The van der Waals surface area contributed by atoms with Crippen molar-refractivity contribution in [3.63, 3.8) is 0 Å². The minimum atomic E-state index is -0.664. The van der Waals surface area contributed by atoms with Crippen molar-refractivity contribution in [2.45, 2.75) is 0 Å². The van der Waals surface area contributed by atoms with E-state index in [0.717, 1.165) is 4.90 Å². The van der Waals surface area contributed by atoms with Crippen LogP contribution in [0.1, 0.15) is 10.4 Å². The highest BCUT2D eigenvalue weighted by atomic mass is 35.5. The van der Waals surface area contributed by atoms with E-state index in [4.69, 9.17) is 32.7 Å². The van der Waals surface area contributed by atoms with Gasteiger partial charge in [-0.3, -0.25) is 9.59 Å². The average molecular weight is 499 g/mol. The normalized spacial score (nSPS) is 13.3. The van der Waals surface area contributed by atoms with Crippen LogP contribution in [-0.4, -0.2) is 30.0 Å². The molecule has 0 fully saturated rings. The summed E-state index contributed by atoms with van der Waals surface area (Å²) in [4.78, 5) is 38.8. The Bertz CT molecular complexity index is 1320. The van der Waals surface area contributed by atoms with Crippen molar-refractivity contribution in [2.24, 2.45) is 0 Å². The number of phenols is 1. The van der Waals surface area contributed by atoms with Gasteiger partial charge in [0.1, 0.15) is 28.0 Å². The number of ether oxygens (including phenoxy) is 2. The maximum absolute atomic E-state index is 12.9. The predicted octanol–water partition coefficient (Wildman–Crippen LogP) is 4.71. The lowest BCUT2D eigenvalue weighted by Crippen LogP contribution is -2.32. The molecule has 3 aromatic rings. The van der Waals surface area contributed by atoms with E-state index in [-0.39, 0.29) is 32.8 Å². The van der Waals surface area contributed by atoms with Crippen LogP contribution in [0.2, 0.25) is 5.02 Å². The molecule has 0 radical (unpaired) electrons. The zero-order valence-electron chi connectivity index (χ0n) is 17.5. The van der Waals surface area contributed by atoms with Crippen molar-refractivity contribution >= 4 is 52.4 Å². The molecule has 4 rings (SSSR count). The fourth-order valence-electron chi connectivity index (χ4n) is 3.13. The van der Waals surface area contributed by atoms with Gasteiger partial charge in [-0.05, 0) is 60.7 Å². The van der Waals surface area contributed by atoms with Gasteiger partial charge in [0.25, 0.3) is 11.8 Å². The highest BCUT2D eigenvalue weighted by molar-refractivity contribution is 6.53. The third-order valence-corrected chi connectivity index (χ3v) is 5.55. The highest BCUT2D eigenvalue weighted by Gasteiger charge is 2.39. The van der Waals surface area contributed by atoms with Crippen molar-refractivity contribution in [3.8, 4) is 17.2 Å². The van der Waals surface area contributed by atoms with Crippen LogP contribution in [0.4, 0.5) is 11.4 Å². The van der Waals surface area contributed by atoms with E-state index < -0.39 is 17.8 Å². The summed E-state index contributed by atoms with van der Waals surface area (Å²) in [6.45, 7) is 0. The first-order chi connectivity index (χ1) is 16.3. The molecule has 0 aromatic heterocycles. The Morgan fingerprint density at radius 2 is 1.56 bits per heavy atom. The Hall–Kier alpha value is -4.01. The van der Waals surface area contributed by atoms with Gasteiger partial charge < -0.3 is 19.9 Å². The number of hydrogen-bond donors (Lipinski definition) is 2. The molecule has 3 aromatic carbocycles. The third kappa shape index (κ3) is 4.54. The SMILES string of the molecule is COc1ccc(N2C(=O)C(Cl)=C(Nc3ccc(C(=O)Oc4ccc(Cl)c(O)c4)cc3)C2=O)cc1. The lowest BCUT2D eigenvalue weighted by Gasteiger charge is -2.15. The zero-order valence-corrected chi connectivity index (χ0v) is 19.1. The summed E-state index contributed by atoms with van der Waals surface area (Å²) in [5.41, 5.74) is 0.895. The van der Waals surface area contributed by atoms with Crippen LogP contribution >= 0.6 is 23.2 Å². The topological polar surface area (TPSA) is 105 Å². The average Bonchev–Trinajstić information content (AvgIpc) is 3.05. The number of carbonyl (C=O) groups excluding carboxylic acids is 3. The Morgan fingerprint density at radius 3 is 2.18 bits per heavy atom. The Balaban J connectivity index is 1.47. The summed E-state index contributed by atoms with van der Waals surface area (Å²) in [6.07, 6.45) is 0. The molecule has 0 saturated heterocycles. The van der Waals surface area contributed by atoms with Crippen molar-refractivity contribution in [2.75, 3.05) is 17.3 Å². The van der Waals surface area contributed by atoms with Crippen LogP contribution in [0.5, 0.6) is 17.2 Å². The largest absolute Gasteiger partial charge is 0.506 e.